The van der Waals surface area contributed by atoms with Gasteiger partial charge >= 0.3 is 0 Å². The molecule has 0 saturated heterocycles. The molecule has 6 nitrogen and oxygen atoms in total. The standard InChI is InChI=1S/C20H20N4O2S/c1-2-24-19(15-6-4-3-5-7-15)22-23-20(24)27-13-18(25)21-16-9-8-14-10-11-26-17(14)12-16/h3-6,8-12,15H,2,7,13H2,1H3,(H,21,25). The summed E-state index contributed by atoms with van der Waals surface area (Å²) in [7, 11) is 0. The second kappa shape index (κ2) is 7.84. The average Bonchev–Trinajstić information content (AvgIpc) is 3.33. The fraction of sp³-hybridized carbons (Fsp3) is 0.250. The van der Waals surface area contributed by atoms with Gasteiger partial charge < -0.3 is 14.3 Å². The van der Waals surface area contributed by atoms with E-state index < -0.39 is 0 Å². The molecule has 0 spiro atoms. The monoisotopic (exact) mass is 380 g/mol. The van der Waals surface area contributed by atoms with Crippen molar-refractivity contribution in [1.29, 1.82) is 0 Å². The topological polar surface area (TPSA) is 73.0 Å². The second-order valence-electron chi connectivity index (χ2n) is 6.25. The molecule has 1 N–H and O–H groups in total. The molecule has 138 valence electrons. The van der Waals surface area contributed by atoms with Crippen LogP contribution in [-0.4, -0.2) is 26.4 Å². The third-order valence-electron chi connectivity index (χ3n) is 4.45. The Hall–Kier alpha value is -2.80. The number of benzene rings is 1. The predicted octanol–water partition coefficient (Wildman–Crippen LogP) is 4.37. The number of aromatic nitrogens is 3. The van der Waals surface area contributed by atoms with Gasteiger partial charge in [-0.3, -0.25) is 4.79 Å². The number of anilines is 1. The lowest BCUT2D eigenvalue weighted by molar-refractivity contribution is -0.113. The van der Waals surface area contributed by atoms with Crippen LogP contribution in [0.15, 0.2) is 64.4 Å². The zero-order chi connectivity index (χ0) is 18.6. The number of amides is 1. The van der Waals surface area contributed by atoms with E-state index in [1.165, 1.54) is 11.8 Å². The number of hydrogen-bond acceptors (Lipinski definition) is 5. The molecule has 4 rings (SSSR count). The van der Waals surface area contributed by atoms with E-state index in [0.29, 0.717) is 0 Å². The number of nitrogens with zero attached hydrogens (tertiary/aromatic N) is 3. The first-order valence-corrected chi connectivity index (χ1v) is 9.89. The number of rotatable bonds is 6. The molecule has 0 fully saturated rings. The summed E-state index contributed by atoms with van der Waals surface area (Å²) in [5.74, 6) is 1.38. The Balaban J connectivity index is 1.40. The fourth-order valence-electron chi connectivity index (χ4n) is 3.11. The number of thioether (sulfide) groups is 1. The van der Waals surface area contributed by atoms with Crippen LogP contribution in [0.25, 0.3) is 11.0 Å². The van der Waals surface area contributed by atoms with Crippen LogP contribution in [-0.2, 0) is 11.3 Å². The first-order chi connectivity index (χ1) is 13.2. The number of fused-ring (bicyclic) bond motifs is 1. The largest absolute Gasteiger partial charge is 0.464 e. The van der Waals surface area contributed by atoms with Crippen molar-refractivity contribution in [1.82, 2.24) is 14.8 Å². The van der Waals surface area contributed by atoms with Gasteiger partial charge in [0.25, 0.3) is 0 Å². The van der Waals surface area contributed by atoms with Crippen molar-refractivity contribution in [3.8, 4) is 0 Å². The van der Waals surface area contributed by atoms with Gasteiger partial charge in [0.05, 0.1) is 12.0 Å². The molecule has 0 saturated carbocycles. The van der Waals surface area contributed by atoms with Gasteiger partial charge in [0, 0.05) is 29.6 Å². The summed E-state index contributed by atoms with van der Waals surface area (Å²) in [6.45, 7) is 2.84. The van der Waals surface area contributed by atoms with Crippen LogP contribution < -0.4 is 5.32 Å². The number of carbonyl (C=O) groups excluding carboxylic acids is 1. The van der Waals surface area contributed by atoms with Crippen molar-refractivity contribution in [3.63, 3.8) is 0 Å². The van der Waals surface area contributed by atoms with Crippen molar-refractivity contribution in [2.45, 2.75) is 31.0 Å². The zero-order valence-electron chi connectivity index (χ0n) is 15.0. The molecule has 0 aliphatic heterocycles. The van der Waals surface area contributed by atoms with Crippen LogP contribution in [0.5, 0.6) is 0 Å². The summed E-state index contributed by atoms with van der Waals surface area (Å²) in [5.41, 5.74) is 1.48. The molecule has 27 heavy (non-hydrogen) atoms. The van der Waals surface area contributed by atoms with Gasteiger partial charge in [-0.1, -0.05) is 36.1 Å². The van der Waals surface area contributed by atoms with Gasteiger partial charge in [-0.15, -0.1) is 10.2 Å². The smallest absolute Gasteiger partial charge is 0.234 e. The maximum atomic E-state index is 12.3. The average molecular weight is 380 g/mol. The molecule has 2 aromatic heterocycles. The first kappa shape index (κ1) is 17.6. The molecule has 7 heteroatoms. The van der Waals surface area contributed by atoms with Gasteiger partial charge in [-0.25, -0.2) is 0 Å². The van der Waals surface area contributed by atoms with Gasteiger partial charge in [-0.05, 0) is 31.5 Å². The molecule has 2 heterocycles. The molecule has 3 aromatic rings. The van der Waals surface area contributed by atoms with E-state index >= 15 is 0 Å². The van der Waals surface area contributed by atoms with Gasteiger partial charge in [0.15, 0.2) is 5.16 Å². The van der Waals surface area contributed by atoms with Gasteiger partial charge in [0.1, 0.15) is 11.4 Å². The third kappa shape index (κ3) is 3.83. The highest BCUT2D eigenvalue weighted by atomic mass is 32.2. The molecule has 1 atom stereocenters. The SMILES string of the molecule is CCn1c(SCC(=O)Nc2ccc3ccoc3c2)nnc1C1C=CC=CC1. The second-order valence-corrected chi connectivity index (χ2v) is 7.19. The van der Waals surface area contributed by atoms with Crippen LogP contribution in [0.2, 0.25) is 0 Å². The van der Waals surface area contributed by atoms with Crippen molar-refractivity contribution < 1.29 is 9.21 Å². The number of allylic oxidation sites excluding steroid dienone is 4. The van der Waals surface area contributed by atoms with Crippen LogP contribution in [0, 0.1) is 0 Å². The summed E-state index contributed by atoms with van der Waals surface area (Å²) in [4.78, 5) is 12.3. The minimum absolute atomic E-state index is 0.0846. The zero-order valence-corrected chi connectivity index (χ0v) is 15.8. The van der Waals surface area contributed by atoms with Gasteiger partial charge in [-0.2, -0.15) is 0 Å². The minimum atomic E-state index is -0.0846. The maximum absolute atomic E-state index is 12.3. The van der Waals surface area contributed by atoms with E-state index in [1.807, 2.05) is 36.4 Å². The molecular weight excluding hydrogens is 360 g/mol. The Morgan fingerprint density at radius 2 is 2.26 bits per heavy atom. The van der Waals surface area contributed by atoms with E-state index in [2.05, 4.69) is 39.2 Å². The Morgan fingerprint density at radius 1 is 1.33 bits per heavy atom. The number of carbonyl (C=O) groups is 1. The molecular formula is C20H20N4O2S. The van der Waals surface area contributed by atoms with Crippen molar-refractivity contribution in [2.75, 3.05) is 11.1 Å². The Labute approximate surface area is 161 Å². The predicted molar refractivity (Wildman–Crippen MR) is 107 cm³/mol. The van der Waals surface area contributed by atoms with Crippen LogP contribution in [0.3, 0.4) is 0 Å². The Bertz CT molecular complexity index is 1020. The fourth-order valence-corrected chi connectivity index (χ4v) is 3.92. The third-order valence-corrected chi connectivity index (χ3v) is 5.41. The summed E-state index contributed by atoms with van der Waals surface area (Å²) in [6.07, 6.45) is 10.9. The molecule has 0 radical (unpaired) electrons. The molecule has 1 aliphatic rings. The number of hydrogen-bond donors (Lipinski definition) is 1. The lowest BCUT2D eigenvalue weighted by atomic mass is 10.0. The Morgan fingerprint density at radius 3 is 3.07 bits per heavy atom. The minimum Gasteiger partial charge on any atom is -0.464 e. The highest BCUT2D eigenvalue weighted by Gasteiger charge is 2.19. The van der Waals surface area contributed by atoms with E-state index in [9.17, 15) is 4.79 Å². The summed E-state index contributed by atoms with van der Waals surface area (Å²) in [6, 6.07) is 7.51. The summed E-state index contributed by atoms with van der Waals surface area (Å²) < 4.78 is 7.46. The van der Waals surface area contributed by atoms with E-state index in [-0.39, 0.29) is 17.6 Å². The number of nitrogens with one attached hydrogen (secondary N) is 1. The van der Waals surface area contributed by atoms with Crippen molar-refractivity contribution in [3.05, 3.63) is 60.7 Å². The molecule has 1 aliphatic carbocycles. The molecule has 1 unspecified atom stereocenters. The van der Waals surface area contributed by atoms with Crippen molar-refractivity contribution >= 4 is 34.3 Å². The summed E-state index contributed by atoms with van der Waals surface area (Å²) >= 11 is 1.40. The lowest BCUT2D eigenvalue weighted by Crippen LogP contribution is -2.15. The van der Waals surface area contributed by atoms with Crippen LogP contribution in [0.1, 0.15) is 25.1 Å². The van der Waals surface area contributed by atoms with Gasteiger partial charge in [0.2, 0.25) is 5.91 Å². The maximum Gasteiger partial charge on any atom is 0.234 e. The number of furan rings is 1. The van der Waals surface area contributed by atoms with Crippen molar-refractivity contribution in [2.24, 2.45) is 0 Å². The van der Waals surface area contributed by atoms with E-state index in [4.69, 9.17) is 4.42 Å². The first-order valence-electron chi connectivity index (χ1n) is 8.91. The van der Waals surface area contributed by atoms with Crippen LogP contribution >= 0.6 is 11.8 Å². The van der Waals surface area contributed by atoms with E-state index in [0.717, 1.165) is 40.6 Å². The highest BCUT2D eigenvalue weighted by molar-refractivity contribution is 7.99. The van der Waals surface area contributed by atoms with E-state index in [1.54, 1.807) is 6.26 Å². The van der Waals surface area contributed by atoms with Crippen LogP contribution in [0.4, 0.5) is 5.69 Å². The molecule has 1 aromatic carbocycles. The Kier molecular flexibility index (Phi) is 5.11. The normalized spacial score (nSPS) is 16.1. The molecule has 1 amide bonds. The molecule has 0 bridgehead atoms. The summed E-state index contributed by atoms with van der Waals surface area (Å²) in [5, 5.41) is 13.3. The quantitative estimate of drug-likeness (QED) is 0.643. The highest BCUT2D eigenvalue weighted by Crippen LogP contribution is 2.27. The lowest BCUT2D eigenvalue weighted by Gasteiger charge is -2.14.